The minimum Gasteiger partial charge on any atom is -0.381 e. The van der Waals surface area contributed by atoms with Crippen molar-refractivity contribution in [2.45, 2.75) is 37.1 Å². The molecule has 6 nitrogen and oxygen atoms in total. The van der Waals surface area contributed by atoms with E-state index < -0.39 is 5.41 Å². The van der Waals surface area contributed by atoms with Gasteiger partial charge in [0.15, 0.2) is 0 Å². The van der Waals surface area contributed by atoms with Crippen molar-refractivity contribution in [2.75, 3.05) is 26.3 Å². The van der Waals surface area contributed by atoms with Crippen molar-refractivity contribution in [3.05, 3.63) is 76.8 Å². The molecule has 0 aliphatic carbocycles. The molecule has 0 unspecified atom stereocenters. The van der Waals surface area contributed by atoms with Crippen molar-refractivity contribution >= 4 is 16.8 Å². The first-order valence-electron chi connectivity index (χ1n) is 11.1. The van der Waals surface area contributed by atoms with Gasteiger partial charge in [-0.05, 0) is 43.4 Å². The molecule has 2 fully saturated rings. The number of nitrogens with zero attached hydrogens (tertiary/aromatic N) is 3. The van der Waals surface area contributed by atoms with Crippen molar-refractivity contribution in [1.82, 2.24) is 14.5 Å². The molecule has 6 heteroatoms. The average Bonchev–Trinajstić information content (AvgIpc) is 2.85. The second kappa shape index (κ2) is 8.27. The highest BCUT2D eigenvalue weighted by molar-refractivity contribution is 5.88. The summed E-state index contributed by atoms with van der Waals surface area (Å²) in [6, 6.07) is 17.5. The largest absolute Gasteiger partial charge is 0.381 e. The maximum atomic E-state index is 13.9. The van der Waals surface area contributed by atoms with E-state index in [0.29, 0.717) is 43.5 Å². The average molecular weight is 418 g/mol. The summed E-state index contributed by atoms with van der Waals surface area (Å²) >= 11 is 0. The molecule has 0 saturated carbocycles. The Hall–Kier alpha value is -2.99. The topological polar surface area (TPSA) is 64.4 Å². The van der Waals surface area contributed by atoms with E-state index in [9.17, 15) is 9.59 Å². The number of hydrogen-bond donors (Lipinski definition) is 0. The number of aromatic nitrogens is 2. The lowest BCUT2D eigenvalue weighted by molar-refractivity contribution is -0.143. The van der Waals surface area contributed by atoms with Crippen LogP contribution < -0.4 is 5.56 Å². The Morgan fingerprint density at radius 3 is 2.58 bits per heavy atom. The first-order valence-corrected chi connectivity index (χ1v) is 11.1. The van der Waals surface area contributed by atoms with Crippen LogP contribution in [-0.2, 0) is 14.9 Å². The Morgan fingerprint density at radius 2 is 1.77 bits per heavy atom. The molecule has 0 radical (unpaired) electrons. The van der Waals surface area contributed by atoms with Gasteiger partial charge in [0.05, 0.1) is 28.7 Å². The number of likely N-dealkylation sites (tertiary alicyclic amines) is 1. The van der Waals surface area contributed by atoms with Gasteiger partial charge in [-0.2, -0.15) is 0 Å². The molecule has 2 aromatic carbocycles. The predicted molar refractivity (Wildman–Crippen MR) is 119 cm³/mol. The molecule has 3 heterocycles. The molecule has 0 bridgehead atoms. The molecule has 2 saturated heterocycles. The Kier molecular flexibility index (Phi) is 5.32. The van der Waals surface area contributed by atoms with Gasteiger partial charge in [-0.15, -0.1) is 0 Å². The van der Waals surface area contributed by atoms with Gasteiger partial charge in [0.1, 0.15) is 0 Å². The Balaban J connectivity index is 1.45. The Labute approximate surface area is 181 Å². The van der Waals surface area contributed by atoms with Crippen molar-refractivity contribution in [1.29, 1.82) is 0 Å². The number of fused-ring (bicyclic) bond motifs is 1. The van der Waals surface area contributed by atoms with Crippen LogP contribution in [0.4, 0.5) is 0 Å². The van der Waals surface area contributed by atoms with Crippen molar-refractivity contribution in [2.24, 2.45) is 0 Å². The molecule has 160 valence electrons. The lowest BCUT2D eigenvalue weighted by Crippen LogP contribution is -2.53. The van der Waals surface area contributed by atoms with E-state index in [-0.39, 0.29) is 17.5 Å². The molecule has 5 rings (SSSR count). The fourth-order valence-corrected chi connectivity index (χ4v) is 5.12. The summed E-state index contributed by atoms with van der Waals surface area (Å²) < 4.78 is 7.33. The maximum Gasteiger partial charge on any atom is 0.261 e. The molecule has 2 aliphatic rings. The van der Waals surface area contributed by atoms with Crippen LogP contribution >= 0.6 is 0 Å². The number of benzene rings is 2. The lowest BCUT2D eigenvalue weighted by Gasteiger charge is -2.43. The number of carbonyl (C=O) groups excluding carboxylic acids is 1. The third-order valence-electron chi connectivity index (χ3n) is 6.85. The summed E-state index contributed by atoms with van der Waals surface area (Å²) in [6.07, 6.45) is 4.76. The van der Waals surface area contributed by atoms with Crippen molar-refractivity contribution in [3.8, 4) is 0 Å². The molecule has 2 aliphatic heterocycles. The number of hydrogen-bond acceptors (Lipinski definition) is 4. The van der Waals surface area contributed by atoms with Crippen LogP contribution in [0.3, 0.4) is 0 Å². The summed E-state index contributed by atoms with van der Waals surface area (Å²) in [5.74, 6) is 0.161. The zero-order valence-corrected chi connectivity index (χ0v) is 17.6. The Bertz CT molecular complexity index is 1140. The highest BCUT2D eigenvalue weighted by atomic mass is 16.5. The maximum absolute atomic E-state index is 13.9. The van der Waals surface area contributed by atoms with Crippen LogP contribution in [-0.4, -0.2) is 46.7 Å². The van der Waals surface area contributed by atoms with Crippen LogP contribution in [0.5, 0.6) is 0 Å². The van der Waals surface area contributed by atoms with Crippen LogP contribution in [0, 0.1) is 0 Å². The smallest absolute Gasteiger partial charge is 0.261 e. The summed E-state index contributed by atoms with van der Waals surface area (Å²) in [4.78, 5) is 33.5. The van der Waals surface area contributed by atoms with Crippen molar-refractivity contribution < 1.29 is 9.53 Å². The molecule has 1 atom stereocenters. The monoisotopic (exact) mass is 417 g/mol. The number of rotatable bonds is 3. The first-order chi connectivity index (χ1) is 15.2. The van der Waals surface area contributed by atoms with E-state index in [1.807, 2.05) is 47.4 Å². The van der Waals surface area contributed by atoms with Gasteiger partial charge >= 0.3 is 0 Å². The molecule has 0 spiro atoms. The minimum absolute atomic E-state index is 0.0336. The summed E-state index contributed by atoms with van der Waals surface area (Å²) in [6.45, 7) is 2.44. The van der Waals surface area contributed by atoms with E-state index in [2.05, 4.69) is 17.1 Å². The highest BCUT2D eigenvalue weighted by Crippen LogP contribution is 2.38. The molecular formula is C25H27N3O3. The normalized spacial score (nSPS) is 21.2. The van der Waals surface area contributed by atoms with Gasteiger partial charge in [-0.3, -0.25) is 14.2 Å². The number of amides is 1. The summed E-state index contributed by atoms with van der Waals surface area (Å²) in [5.41, 5.74) is 1.19. The van der Waals surface area contributed by atoms with Crippen molar-refractivity contribution in [3.63, 3.8) is 0 Å². The highest BCUT2D eigenvalue weighted by Gasteiger charge is 2.45. The zero-order valence-electron chi connectivity index (χ0n) is 17.6. The van der Waals surface area contributed by atoms with E-state index >= 15 is 0 Å². The number of carbonyl (C=O) groups is 1. The number of ether oxygens (including phenoxy) is 1. The molecule has 0 N–H and O–H groups in total. The number of para-hydroxylation sites is 1. The van der Waals surface area contributed by atoms with E-state index in [4.69, 9.17) is 4.74 Å². The van der Waals surface area contributed by atoms with Gasteiger partial charge in [0, 0.05) is 26.3 Å². The standard InChI is InChI=1S/C25H27N3O3/c29-23-21-10-4-5-11-22(21)26-18-28(23)20-9-6-14-27(17-20)24(30)25(12-15-31-16-13-25)19-7-2-1-3-8-19/h1-5,7-8,10-11,18,20H,6,9,12-17H2/t20-/m1/s1. The van der Waals surface area contributed by atoms with Gasteiger partial charge in [0.25, 0.3) is 5.56 Å². The third kappa shape index (κ3) is 3.55. The van der Waals surface area contributed by atoms with E-state index in [1.165, 1.54) is 0 Å². The summed E-state index contributed by atoms with van der Waals surface area (Å²) in [5, 5.41) is 0.624. The quantitative estimate of drug-likeness (QED) is 0.656. The van der Waals surface area contributed by atoms with E-state index in [0.717, 1.165) is 24.9 Å². The second-order valence-electron chi connectivity index (χ2n) is 8.58. The van der Waals surface area contributed by atoms with Gasteiger partial charge in [-0.25, -0.2) is 4.98 Å². The Morgan fingerprint density at radius 1 is 1.03 bits per heavy atom. The third-order valence-corrected chi connectivity index (χ3v) is 6.85. The lowest BCUT2D eigenvalue weighted by atomic mass is 9.72. The molecule has 1 aromatic heterocycles. The molecular weight excluding hydrogens is 390 g/mol. The molecule has 1 amide bonds. The summed E-state index contributed by atoms with van der Waals surface area (Å²) in [7, 11) is 0. The van der Waals surface area contributed by atoms with Gasteiger partial charge in [-0.1, -0.05) is 42.5 Å². The van der Waals surface area contributed by atoms with Crippen LogP contribution in [0.1, 0.15) is 37.3 Å². The molecule has 31 heavy (non-hydrogen) atoms. The number of piperidine rings is 1. The fourth-order valence-electron chi connectivity index (χ4n) is 5.12. The zero-order chi connectivity index (χ0) is 21.3. The SMILES string of the molecule is O=C(N1CCC[C@@H](n2cnc3ccccc3c2=O)C1)C1(c2ccccc2)CCOCC1. The first kappa shape index (κ1) is 19.9. The second-order valence-corrected chi connectivity index (χ2v) is 8.58. The minimum atomic E-state index is -0.548. The van der Waals surface area contributed by atoms with Crippen LogP contribution in [0.15, 0.2) is 65.7 Å². The van der Waals surface area contributed by atoms with Crippen LogP contribution in [0.2, 0.25) is 0 Å². The fraction of sp³-hybridized carbons (Fsp3) is 0.400. The van der Waals surface area contributed by atoms with Gasteiger partial charge < -0.3 is 9.64 Å². The van der Waals surface area contributed by atoms with E-state index in [1.54, 1.807) is 10.9 Å². The predicted octanol–water partition coefficient (Wildman–Crippen LogP) is 3.31. The van der Waals surface area contributed by atoms with Crippen LogP contribution in [0.25, 0.3) is 10.9 Å². The molecule has 3 aromatic rings. The van der Waals surface area contributed by atoms with Gasteiger partial charge in [0.2, 0.25) is 5.91 Å².